The van der Waals surface area contributed by atoms with Gasteiger partial charge in [0.15, 0.2) is 0 Å². The Kier molecular flexibility index (Phi) is 5.02. The summed E-state index contributed by atoms with van der Waals surface area (Å²) >= 11 is 6.42. The second-order valence-electron chi connectivity index (χ2n) is 3.08. The van der Waals surface area contributed by atoms with Crippen LogP contribution in [0.15, 0.2) is 21.6 Å². The van der Waals surface area contributed by atoms with E-state index in [2.05, 4.69) is 36.6 Å². The van der Waals surface area contributed by atoms with E-state index in [9.17, 15) is 9.90 Å². The lowest BCUT2D eigenvalue weighted by molar-refractivity contribution is -0.139. The van der Waals surface area contributed by atoms with Gasteiger partial charge in [-0.3, -0.25) is 4.79 Å². The Morgan fingerprint density at radius 1 is 1.50 bits per heavy atom. The molecule has 0 aliphatic rings. The molecule has 1 aromatic carbocycles. The van der Waals surface area contributed by atoms with Crippen molar-refractivity contribution in [1.82, 2.24) is 0 Å². The van der Waals surface area contributed by atoms with Crippen LogP contribution in [0.3, 0.4) is 0 Å². The number of hydrogen-bond donors (Lipinski definition) is 1. The van der Waals surface area contributed by atoms with E-state index in [4.69, 9.17) is 0 Å². The summed E-state index contributed by atoms with van der Waals surface area (Å²) in [5.74, 6) is -0.149. The number of hydrogen-bond acceptors (Lipinski definition) is 3. The lowest BCUT2D eigenvalue weighted by Crippen LogP contribution is -2.04. The van der Waals surface area contributed by atoms with E-state index < -0.39 is 0 Å². The van der Waals surface area contributed by atoms with Crippen LogP contribution in [0.5, 0.6) is 5.75 Å². The van der Waals surface area contributed by atoms with Crippen molar-refractivity contribution < 1.29 is 14.6 Å². The monoisotopic (exact) mass is 348 g/mol. The molecule has 0 bridgehead atoms. The van der Waals surface area contributed by atoms with Crippen molar-refractivity contribution >= 4 is 43.9 Å². The number of carbonyl (C=O) groups is 1. The SMILES string of the molecule is COC(=O)Cc1ccc(O)c(C=C(Br)Br)c1. The molecule has 1 rings (SSSR count). The highest BCUT2D eigenvalue weighted by atomic mass is 79.9. The van der Waals surface area contributed by atoms with Gasteiger partial charge < -0.3 is 9.84 Å². The number of carbonyl (C=O) groups excluding carboxylic acids is 1. The van der Waals surface area contributed by atoms with Crippen LogP contribution in [-0.2, 0) is 16.0 Å². The summed E-state index contributed by atoms with van der Waals surface area (Å²) in [5.41, 5.74) is 1.42. The molecule has 0 fully saturated rings. The Balaban J connectivity index is 2.98. The minimum absolute atomic E-state index is 0.157. The highest BCUT2D eigenvalue weighted by molar-refractivity contribution is 9.28. The molecule has 86 valence electrons. The number of phenolic OH excluding ortho intramolecular Hbond substituents is 1. The standard InChI is InChI=1S/C11H10Br2O3/c1-16-11(15)5-7-2-3-9(14)8(4-7)6-10(12)13/h2-4,6,14H,5H2,1H3. The molecule has 1 aromatic rings. The van der Waals surface area contributed by atoms with E-state index in [-0.39, 0.29) is 18.1 Å². The molecule has 1 N–H and O–H groups in total. The lowest BCUT2D eigenvalue weighted by atomic mass is 10.1. The number of methoxy groups -OCH3 is 1. The normalized spacial score (nSPS) is 9.69. The molecule has 0 radical (unpaired) electrons. The summed E-state index contributed by atoms with van der Waals surface area (Å²) in [5, 5.41) is 9.57. The molecule has 0 atom stereocenters. The van der Waals surface area contributed by atoms with Gasteiger partial charge in [0.05, 0.1) is 16.9 Å². The zero-order valence-corrected chi connectivity index (χ0v) is 11.7. The van der Waals surface area contributed by atoms with Crippen LogP contribution in [0.25, 0.3) is 6.08 Å². The van der Waals surface area contributed by atoms with Gasteiger partial charge >= 0.3 is 5.97 Å². The topological polar surface area (TPSA) is 46.5 Å². The van der Waals surface area contributed by atoms with E-state index >= 15 is 0 Å². The summed E-state index contributed by atoms with van der Waals surface area (Å²) in [4.78, 5) is 11.1. The second kappa shape index (κ2) is 6.06. The molecule has 0 saturated heterocycles. The molecule has 0 aliphatic heterocycles. The third-order valence-electron chi connectivity index (χ3n) is 1.93. The van der Waals surface area contributed by atoms with Crippen LogP contribution < -0.4 is 0 Å². The molecule has 0 aliphatic carbocycles. The lowest BCUT2D eigenvalue weighted by Gasteiger charge is -2.04. The number of esters is 1. The van der Waals surface area contributed by atoms with Gasteiger partial charge in [0.2, 0.25) is 0 Å². The smallest absolute Gasteiger partial charge is 0.309 e. The van der Waals surface area contributed by atoms with Gasteiger partial charge in [-0.2, -0.15) is 0 Å². The average Bonchev–Trinajstić information content (AvgIpc) is 2.22. The molecule has 0 heterocycles. The maximum absolute atomic E-state index is 11.1. The first-order valence-corrected chi connectivity index (χ1v) is 6.03. The first kappa shape index (κ1) is 13.3. The van der Waals surface area contributed by atoms with E-state index in [1.54, 1.807) is 24.3 Å². The summed E-state index contributed by atoms with van der Waals surface area (Å²) < 4.78 is 5.28. The maximum Gasteiger partial charge on any atom is 0.309 e. The predicted octanol–water partition coefficient (Wildman–Crippen LogP) is 3.20. The van der Waals surface area contributed by atoms with E-state index in [0.717, 1.165) is 5.56 Å². The number of aromatic hydroxyl groups is 1. The van der Waals surface area contributed by atoms with Crippen molar-refractivity contribution in [3.8, 4) is 5.75 Å². The van der Waals surface area contributed by atoms with Crippen molar-refractivity contribution in [1.29, 1.82) is 0 Å². The second-order valence-corrected chi connectivity index (χ2v) is 5.85. The molecule has 0 amide bonds. The molecule has 16 heavy (non-hydrogen) atoms. The third kappa shape index (κ3) is 3.98. The summed E-state index contributed by atoms with van der Waals surface area (Å²) in [6.45, 7) is 0. The highest BCUT2D eigenvalue weighted by Gasteiger charge is 2.05. The molecule has 5 heteroatoms. The predicted molar refractivity (Wildman–Crippen MR) is 69.7 cm³/mol. The average molecular weight is 350 g/mol. The minimum atomic E-state index is -0.307. The molecular weight excluding hydrogens is 340 g/mol. The number of ether oxygens (including phenoxy) is 1. The molecule has 0 aromatic heterocycles. The van der Waals surface area contributed by atoms with Crippen LogP contribution in [0.1, 0.15) is 11.1 Å². The van der Waals surface area contributed by atoms with Crippen LogP contribution in [0.4, 0.5) is 0 Å². The van der Waals surface area contributed by atoms with Gasteiger partial charge in [-0.1, -0.05) is 6.07 Å². The van der Waals surface area contributed by atoms with Gasteiger partial charge in [0, 0.05) is 5.56 Å². The molecule has 3 nitrogen and oxygen atoms in total. The third-order valence-corrected chi connectivity index (χ3v) is 2.39. The maximum atomic E-state index is 11.1. The van der Waals surface area contributed by atoms with Crippen LogP contribution in [0, 0.1) is 0 Å². The van der Waals surface area contributed by atoms with Gasteiger partial charge in [0.25, 0.3) is 0 Å². The van der Waals surface area contributed by atoms with Crippen LogP contribution >= 0.6 is 31.9 Å². The van der Waals surface area contributed by atoms with Crippen molar-refractivity contribution in [2.75, 3.05) is 7.11 Å². The van der Waals surface area contributed by atoms with E-state index in [0.29, 0.717) is 8.96 Å². The summed E-state index contributed by atoms with van der Waals surface area (Å²) in [6.07, 6.45) is 1.90. The van der Waals surface area contributed by atoms with E-state index in [1.165, 1.54) is 7.11 Å². The fourth-order valence-corrected chi connectivity index (χ4v) is 1.68. The van der Waals surface area contributed by atoms with Gasteiger partial charge in [-0.15, -0.1) is 0 Å². The van der Waals surface area contributed by atoms with Crippen molar-refractivity contribution in [3.05, 3.63) is 32.7 Å². The van der Waals surface area contributed by atoms with Gasteiger partial charge in [-0.05, 0) is 55.6 Å². The van der Waals surface area contributed by atoms with E-state index in [1.807, 2.05) is 0 Å². The largest absolute Gasteiger partial charge is 0.507 e. The van der Waals surface area contributed by atoms with Gasteiger partial charge in [0.1, 0.15) is 5.75 Å². The molecular formula is C11H10Br2O3. The Hall–Kier alpha value is -0.810. The fourth-order valence-electron chi connectivity index (χ4n) is 1.19. The van der Waals surface area contributed by atoms with Crippen LogP contribution in [-0.4, -0.2) is 18.2 Å². The molecule has 0 saturated carbocycles. The van der Waals surface area contributed by atoms with Crippen molar-refractivity contribution in [3.63, 3.8) is 0 Å². The fraction of sp³-hybridized carbons (Fsp3) is 0.182. The Morgan fingerprint density at radius 2 is 2.19 bits per heavy atom. The molecule has 0 spiro atoms. The van der Waals surface area contributed by atoms with Crippen molar-refractivity contribution in [2.45, 2.75) is 6.42 Å². The number of rotatable bonds is 3. The number of benzene rings is 1. The quantitative estimate of drug-likeness (QED) is 0.852. The molecule has 0 unspecified atom stereocenters. The number of phenols is 1. The van der Waals surface area contributed by atoms with Crippen molar-refractivity contribution in [2.24, 2.45) is 0 Å². The zero-order chi connectivity index (χ0) is 12.1. The van der Waals surface area contributed by atoms with Gasteiger partial charge in [-0.25, -0.2) is 0 Å². The Morgan fingerprint density at radius 3 is 2.75 bits per heavy atom. The first-order chi connectivity index (χ1) is 7.52. The highest BCUT2D eigenvalue weighted by Crippen LogP contribution is 2.25. The summed E-state index contributed by atoms with van der Waals surface area (Å²) in [7, 11) is 1.35. The Bertz CT molecular complexity index is 423. The van der Waals surface area contributed by atoms with Crippen LogP contribution in [0.2, 0.25) is 0 Å². The first-order valence-electron chi connectivity index (χ1n) is 4.44. The zero-order valence-electron chi connectivity index (χ0n) is 8.54. The Labute approximate surface area is 110 Å². The summed E-state index contributed by atoms with van der Waals surface area (Å²) in [6, 6.07) is 4.97. The number of halogens is 2. The minimum Gasteiger partial charge on any atom is -0.507 e.